The summed E-state index contributed by atoms with van der Waals surface area (Å²) in [5, 5.41) is 13.5. The van der Waals surface area contributed by atoms with Crippen molar-refractivity contribution >= 4 is 35.5 Å². The lowest BCUT2D eigenvalue weighted by Gasteiger charge is -2.17. The molecule has 0 radical (unpaired) electrons. The SMILES string of the molecule is COC(=O)C(CCC(=O)ON1C(=O)CCC1=O)NC(=O)CCCCCCCCCCCCCCCC(=N)N=N. The minimum absolute atomic E-state index is 0.00467. The third-order valence-corrected chi connectivity index (χ3v) is 6.61. The zero-order valence-corrected chi connectivity index (χ0v) is 23.3. The van der Waals surface area contributed by atoms with Crippen molar-refractivity contribution in [2.24, 2.45) is 5.11 Å². The molecule has 1 heterocycles. The highest BCUT2D eigenvalue weighted by Gasteiger charge is 2.33. The zero-order chi connectivity index (χ0) is 28.9. The van der Waals surface area contributed by atoms with E-state index in [1.54, 1.807) is 0 Å². The largest absolute Gasteiger partial charge is 0.467 e. The molecule has 220 valence electrons. The van der Waals surface area contributed by atoms with Gasteiger partial charge in [-0.25, -0.2) is 15.1 Å². The summed E-state index contributed by atoms with van der Waals surface area (Å²) in [4.78, 5) is 64.2. The molecule has 0 aromatic rings. The minimum Gasteiger partial charge on any atom is -0.467 e. The van der Waals surface area contributed by atoms with Crippen molar-refractivity contribution in [2.75, 3.05) is 7.11 Å². The van der Waals surface area contributed by atoms with Gasteiger partial charge in [-0.05, 0) is 19.3 Å². The summed E-state index contributed by atoms with van der Waals surface area (Å²) in [7, 11) is 1.19. The van der Waals surface area contributed by atoms with E-state index in [1.165, 1.54) is 52.1 Å². The van der Waals surface area contributed by atoms with Crippen LogP contribution < -0.4 is 5.32 Å². The predicted molar refractivity (Wildman–Crippen MR) is 142 cm³/mol. The van der Waals surface area contributed by atoms with Gasteiger partial charge in [0, 0.05) is 25.7 Å². The van der Waals surface area contributed by atoms with Crippen molar-refractivity contribution in [1.29, 1.82) is 10.9 Å². The van der Waals surface area contributed by atoms with Crippen molar-refractivity contribution in [3.05, 3.63) is 0 Å². The third-order valence-electron chi connectivity index (χ3n) is 6.61. The molecule has 0 aromatic carbocycles. The topological polar surface area (TPSA) is 179 Å². The van der Waals surface area contributed by atoms with Crippen molar-refractivity contribution in [3.63, 3.8) is 0 Å². The first-order valence-electron chi connectivity index (χ1n) is 14.2. The van der Waals surface area contributed by atoms with E-state index in [-0.39, 0.29) is 43.8 Å². The number of hydroxylamine groups is 2. The lowest BCUT2D eigenvalue weighted by atomic mass is 10.0. The number of nitrogens with zero attached hydrogens (tertiary/aromatic N) is 2. The Bertz CT molecular complexity index is 817. The molecule has 12 nitrogen and oxygen atoms in total. The fourth-order valence-electron chi connectivity index (χ4n) is 4.30. The molecule has 1 aliphatic heterocycles. The number of carbonyl (C=O) groups is 5. The highest BCUT2D eigenvalue weighted by atomic mass is 16.7. The van der Waals surface area contributed by atoms with Crippen molar-refractivity contribution in [3.8, 4) is 0 Å². The van der Waals surface area contributed by atoms with Crippen LogP contribution in [0.15, 0.2) is 5.11 Å². The van der Waals surface area contributed by atoms with Gasteiger partial charge in [0.1, 0.15) is 11.9 Å². The summed E-state index contributed by atoms with van der Waals surface area (Å²) in [5.74, 6) is -2.81. The van der Waals surface area contributed by atoms with Gasteiger partial charge in [0.05, 0.1) is 13.5 Å². The van der Waals surface area contributed by atoms with Crippen LogP contribution in [0.3, 0.4) is 0 Å². The van der Waals surface area contributed by atoms with Crippen LogP contribution in [0.25, 0.3) is 0 Å². The Morgan fingerprint density at radius 3 is 1.74 bits per heavy atom. The van der Waals surface area contributed by atoms with E-state index in [2.05, 4.69) is 10.4 Å². The summed E-state index contributed by atoms with van der Waals surface area (Å²) in [6.07, 6.45) is 14.9. The molecule has 0 bridgehead atoms. The number of methoxy groups -OCH3 is 1. The summed E-state index contributed by atoms with van der Waals surface area (Å²) in [6, 6.07) is -1.01. The fraction of sp³-hybridized carbons (Fsp3) is 0.778. The molecule has 1 unspecified atom stereocenters. The van der Waals surface area contributed by atoms with Gasteiger partial charge in [0.2, 0.25) is 5.91 Å². The average Bonchev–Trinajstić information content (AvgIpc) is 3.24. The summed E-state index contributed by atoms with van der Waals surface area (Å²) in [6.45, 7) is 0. The Hall–Kier alpha value is -3.18. The molecule has 0 spiro atoms. The van der Waals surface area contributed by atoms with Gasteiger partial charge in [-0.15, -0.1) is 10.2 Å². The van der Waals surface area contributed by atoms with Crippen LogP contribution in [0.2, 0.25) is 0 Å². The minimum atomic E-state index is -1.01. The number of esters is 1. The smallest absolute Gasteiger partial charge is 0.333 e. The molecular weight excluding hydrogens is 506 g/mol. The van der Waals surface area contributed by atoms with Crippen molar-refractivity contribution in [1.82, 2.24) is 10.4 Å². The normalized spacial score (nSPS) is 13.7. The lowest BCUT2D eigenvalue weighted by molar-refractivity contribution is -0.197. The van der Waals surface area contributed by atoms with Crippen LogP contribution in [-0.4, -0.2) is 53.7 Å². The van der Waals surface area contributed by atoms with Gasteiger partial charge in [-0.2, -0.15) is 0 Å². The molecule has 3 amide bonds. The van der Waals surface area contributed by atoms with Crippen LogP contribution in [-0.2, 0) is 33.5 Å². The Kier molecular flexibility index (Phi) is 18.0. The third kappa shape index (κ3) is 15.7. The van der Waals surface area contributed by atoms with Gasteiger partial charge in [0.25, 0.3) is 11.8 Å². The predicted octanol–water partition coefficient (Wildman–Crippen LogP) is 4.89. The summed E-state index contributed by atoms with van der Waals surface area (Å²) in [5.41, 5.74) is 6.74. The first-order valence-corrected chi connectivity index (χ1v) is 14.2. The second-order valence-corrected chi connectivity index (χ2v) is 9.88. The number of imide groups is 1. The van der Waals surface area contributed by atoms with Gasteiger partial charge in [0.15, 0.2) is 0 Å². The Morgan fingerprint density at radius 2 is 1.28 bits per heavy atom. The number of carbonyl (C=O) groups excluding carboxylic acids is 5. The van der Waals surface area contributed by atoms with E-state index in [4.69, 9.17) is 20.5 Å². The Balaban J connectivity index is 2.06. The Morgan fingerprint density at radius 1 is 0.821 bits per heavy atom. The number of hydrogen-bond donors (Lipinski definition) is 3. The molecule has 1 saturated heterocycles. The van der Waals surface area contributed by atoms with E-state index < -0.39 is 29.8 Å². The molecule has 1 fully saturated rings. The second kappa shape index (κ2) is 20.7. The maximum atomic E-state index is 12.3. The number of amides is 3. The fourth-order valence-corrected chi connectivity index (χ4v) is 4.30. The molecule has 0 saturated carbocycles. The van der Waals surface area contributed by atoms with E-state index in [0.717, 1.165) is 32.1 Å². The van der Waals surface area contributed by atoms with Gasteiger partial charge < -0.3 is 14.9 Å². The number of unbranched alkanes of at least 4 members (excludes halogenated alkanes) is 12. The van der Waals surface area contributed by atoms with Crippen LogP contribution >= 0.6 is 0 Å². The molecule has 0 aliphatic carbocycles. The number of nitrogens with one attached hydrogen (secondary N) is 3. The van der Waals surface area contributed by atoms with Crippen molar-refractivity contribution in [2.45, 2.75) is 128 Å². The molecule has 1 aliphatic rings. The quantitative estimate of drug-likeness (QED) is 0.0428. The lowest BCUT2D eigenvalue weighted by Crippen LogP contribution is -2.42. The zero-order valence-electron chi connectivity index (χ0n) is 23.3. The van der Waals surface area contributed by atoms with Gasteiger partial charge in [-0.3, -0.25) is 19.8 Å². The number of amidine groups is 1. The molecule has 0 aromatic heterocycles. The standard InChI is InChI=1S/C27H45N5O7/c1-38-27(37)21(17-20-26(36)39-32-24(34)18-19-25(32)35)30-23(33)16-14-12-10-8-6-4-2-3-5-7-9-11-13-15-22(28)31-29/h21,28-29H,2-20H2,1H3,(H,30,33). The number of ether oxygens (including phenoxy) is 1. The monoisotopic (exact) mass is 551 g/mol. The Labute approximate surface area is 230 Å². The average molecular weight is 552 g/mol. The van der Waals surface area contributed by atoms with Gasteiger partial charge >= 0.3 is 11.9 Å². The maximum Gasteiger partial charge on any atom is 0.333 e. The van der Waals surface area contributed by atoms with Crippen LogP contribution in [0.1, 0.15) is 122 Å². The maximum absolute atomic E-state index is 12.3. The van der Waals surface area contributed by atoms with Crippen molar-refractivity contribution < 1.29 is 33.5 Å². The van der Waals surface area contributed by atoms with Crippen LogP contribution in [0.4, 0.5) is 0 Å². The van der Waals surface area contributed by atoms with E-state index in [9.17, 15) is 24.0 Å². The highest BCUT2D eigenvalue weighted by molar-refractivity contribution is 6.01. The van der Waals surface area contributed by atoms with Crippen LogP contribution in [0.5, 0.6) is 0 Å². The van der Waals surface area contributed by atoms with E-state index >= 15 is 0 Å². The molecule has 1 atom stereocenters. The number of rotatable bonds is 22. The molecule has 12 heteroatoms. The molecule has 1 rings (SSSR count). The molecule has 3 N–H and O–H groups in total. The van der Waals surface area contributed by atoms with E-state index in [1.807, 2.05) is 0 Å². The number of hydrogen-bond acceptors (Lipinski definition) is 9. The van der Waals surface area contributed by atoms with E-state index in [0.29, 0.717) is 17.9 Å². The van der Waals surface area contributed by atoms with Gasteiger partial charge in [-0.1, -0.05) is 70.6 Å². The molecule has 39 heavy (non-hydrogen) atoms. The summed E-state index contributed by atoms with van der Waals surface area (Å²) >= 11 is 0. The van der Waals surface area contributed by atoms with Crippen LogP contribution in [0, 0.1) is 10.9 Å². The second-order valence-electron chi connectivity index (χ2n) is 9.88. The first-order chi connectivity index (χ1) is 18.8. The molecular formula is C27H45N5O7. The first kappa shape index (κ1) is 33.8. The highest BCUT2D eigenvalue weighted by Crippen LogP contribution is 2.15. The summed E-state index contributed by atoms with van der Waals surface area (Å²) < 4.78 is 4.71.